The van der Waals surface area contributed by atoms with Crippen molar-refractivity contribution < 1.29 is 17.9 Å². The Balaban J connectivity index is 0.00000242. The third-order valence-electron chi connectivity index (χ3n) is 4.58. The molecule has 0 spiro atoms. The minimum Gasteiger partial charge on any atom is -0.376 e. The molecule has 2 aliphatic rings. The molecule has 6 nitrogen and oxygen atoms in total. The van der Waals surface area contributed by atoms with Crippen molar-refractivity contribution in [3.05, 3.63) is 0 Å². The second-order valence-electron chi connectivity index (χ2n) is 6.05. The van der Waals surface area contributed by atoms with Crippen molar-refractivity contribution in [3.63, 3.8) is 0 Å². The van der Waals surface area contributed by atoms with E-state index in [0.29, 0.717) is 45.2 Å². The summed E-state index contributed by atoms with van der Waals surface area (Å²) in [5.41, 5.74) is 0. The third-order valence-corrected chi connectivity index (χ3v) is 6.59. The fourth-order valence-corrected chi connectivity index (χ4v) is 4.56. The fourth-order valence-electron chi connectivity index (χ4n) is 3.20. The van der Waals surface area contributed by atoms with Crippen molar-refractivity contribution in [3.8, 4) is 0 Å². The molecular weight excluding hydrogens is 328 g/mol. The smallest absolute Gasteiger partial charge is 0.241 e. The summed E-state index contributed by atoms with van der Waals surface area (Å²) in [6, 6.07) is 0. The van der Waals surface area contributed by atoms with E-state index in [2.05, 4.69) is 10.6 Å². The molecule has 1 saturated carbocycles. The van der Waals surface area contributed by atoms with Gasteiger partial charge in [0.15, 0.2) is 14.6 Å². The van der Waals surface area contributed by atoms with Crippen molar-refractivity contribution in [1.82, 2.24) is 10.6 Å². The summed E-state index contributed by atoms with van der Waals surface area (Å²) >= 11 is 0. The van der Waals surface area contributed by atoms with E-state index in [1.165, 1.54) is 12.8 Å². The Morgan fingerprint density at radius 3 is 2.41 bits per heavy atom. The average molecular weight is 355 g/mol. The van der Waals surface area contributed by atoms with Gasteiger partial charge in [0, 0.05) is 12.8 Å². The van der Waals surface area contributed by atoms with Gasteiger partial charge >= 0.3 is 0 Å². The number of halogens is 1. The topological polar surface area (TPSA) is 84.5 Å². The Bertz CT molecular complexity index is 457. The number of carbonyl (C=O) groups excluding carboxylic acids is 1. The Labute approximate surface area is 139 Å². The third kappa shape index (κ3) is 4.57. The van der Waals surface area contributed by atoms with E-state index in [4.69, 9.17) is 4.74 Å². The van der Waals surface area contributed by atoms with Crippen molar-refractivity contribution in [1.29, 1.82) is 0 Å². The van der Waals surface area contributed by atoms with Crippen LogP contribution in [0.2, 0.25) is 0 Å². The number of amides is 1. The van der Waals surface area contributed by atoms with Crippen LogP contribution in [0.1, 0.15) is 38.5 Å². The number of ether oxygens (including phenoxy) is 1. The molecule has 2 rings (SSSR count). The first-order valence-electron chi connectivity index (χ1n) is 7.76. The normalized spacial score (nSPS) is 22.0. The molecule has 1 heterocycles. The zero-order valence-electron chi connectivity index (χ0n) is 13.1. The van der Waals surface area contributed by atoms with Crippen molar-refractivity contribution in [2.24, 2.45) is 0 Å². The highest BCUT2D eigenvalue weighted by atomic mass is 35.5. The molecule has 130 valence electrons. The molecule has 0 unspecified atom stereocenters. The van der Waals surface area contributed by atoms with Gasteiger partial charge in [-0.1, -0.05) is 12.8 Å². The molecule has 0 aromatic heterocycles. The molecule has 2 fully saturated rings. The van der Waals surface area contributed by atoms with Gasteiger partial charge in [-0.15, -0.1) is 12.4 Å². The first-order chi connectivity index (χ1) is 9.96. The number of hydrogen-bond acceptors (Lipinski definition) is 5. The number of hydrogen-bond donors (Lipinski definition) is 2. The quantitative estimate of drug-likeness (QED) is 0.684. The Morgan fingerprint density at radius 1 is 1.27 bits per heavy atom. The van der Waals surface area contributed by atoms with E-state index in [9.17, 15) is 13.2 Å². The van der Waals surface area contributed by atoms with Crippen molar-refractivity contribution >= 4 is 28.2 Å². The average Bonchev–Trinajstić information content (AvgIpc) is 2.96. The van der Waals surface area contributed by atoms with Crippen LogP contribution in [0.15, 0.2) is 0 Å². The highest BCUT2D eigenvalue weighted by Crippen LogP contribution is 2.28. The highest BCUT2D eigenvalue weighted by molar-refractivity contribution is 7.92. The first-order valence-corrected chi connectivity index (χ1v) is 9.65. The van der Waals surface area contributed by atoms with Crippen LogP contribution >= 0.6 is 12.4 Å². The summed E-state index contributed by atoms with van der Waals surface area (Å²) < 4.78 is 28.6. The van der Waals surface area contributed by atoms with Crippen LogP contribution in [-0.4, -0.2) is 57.7 Å². The summed E-state index contributed by atoms with van der Waals surface area (Å²) in [4.78, 5) is 12.4. The monoisotopic (exact) mass is 354 g/mol. The number of nitrogens with one attached hydrogen (secondary N) is 2. The SMILES string of the molecule is CS(=O)(=O)C1(C(=O)NCCOC2CCCC2)CCNCC1.Cl. The van der Waals surface area contributed by atoms with Crippen LogP contribution in [-0.2, 0) is 19.4 Å². The van der Waals surface area contributed by atoms with Crippen LogP contribution in [0.3, 0.4) is 0 Å². The van der Waals surface area contributed by atoms with Crippen LogP contribution in [0.5, 0.6) is 0 Å². The van der Waals surface area contributed by atoms with E-state index in [1.807, 2.05) is 0 Å². The molecule has 0 aromatic carbocycles. The van der Waals surface area contributed by atoms with Gasteiger partial charge in [0.25, 0.3) is 0 Å². The molecule has 8 heteroatoms. The number of piperidine rings is 1. The van der Waals surface area contributed by atoms with Crippen molar-refractivity contribution in [2.75, 3.05) is 32.5 Å². The standard InChI is InChI=1S/C14H26N2O4S.ClH/c1-21(18,19)14(6-8-15-9-7-14)13(17)16-10-11-20-12-4-2-3-5-12;/h12,15H,2-11H2,1H3,(H,16,17);1H. The minimum absolute atomic E-state index is 0. The lowest BCUT2D eigenvalue weighted by molar-refractivity contribution is -0.124. The van der Waals surface area contributed by atoms with E-state index >= 15 is 0 Å². The highest BCUT2D eigenvalue weighted by Gasteiger charge is 2.48. The summed E-state index contributed by atoms with van der Waals surface area (Å²) in [7, 11) is -3.43. The Hall–Kier alpha value is -0.370. The molecule has 0 bridgehead atoms. The maximum Gasteiger partial charge on any atom is 0.241 e. The maximum absolute atomic E-state index is 12.4. The molecule has 1 aliphatic carbocycles. The summed E-state index contributed by atoms with van der Waals surface area (Å²) in [5, 5.41) is 5.85. The van der Waals surface area contributed by atoms with E-state index in [1.54, 1.807) is 0 Å². The van der Waals surface area contributed by atoms with E-state index in [0.717, 1.165) is 19.1 Å². The second kappa shape index (κ2) is 8.47. The molecule has 0 atom stereocenters. The van der Waals surface area contributed by atoms with Crippen LogP contribution in [0, 0.1) is 0 Å². The van der Waals surface area contributed by atoms with Crippen molar-refractivity contribution in [2.45, 2.75) is 49.4 Å². The van der Waals surface area contributed by atoms with Gasteiger partial charge in [-0.3, -0.25) is 4.79 Å². The molecule has 1 aliphatic heterocycles. The predicted octanol–water partition coefficient (Wildman–Crippen LogP) is 0.650. The van der Waals surface area contributed by atoms with Gasteiger partial charge in [-0.05, 0) is 38.8 Å². The molecular formula is C14H27ClN2O4S. The zero-order chi connectivity index (χ0) is 15.3. The van der Waals surface area contributed by atoms with E-state index < -0.39 is 14.6 Å². The number of sulfone groups is 1. The maximum atomic E-state index is 12.4. The lowest BCUT2D eigenvalue weighted by atomic mass is 9.96. The summed E-state index contributed by atoms with van der Waals surface area (Å²) in [6.07, 6.45) is 6.74. The summed E-state index contributed by atoms with van der Waals surface area (Å²) in [6.45, 7) is 1.94. The van der Waals surface area contributed by atoms with Gasteiger partial charge in [-0.2, -0.15) is 0 Å². The number of carbonyl (C=O) groups is 1. The van der Waals surface area contributed by atoms with Gasteiger partial charge in [0.05, 0.1) is 12.7 Å². The predicted molar refractivity (Wildman–Crippen MR) is 88.1 cm³/mol. The van der Waals surface area contributed by atoms with E-state index in [-0.39, 0.29) is 18.3 Å². The van der Waals surface area contributed by atoms with Crippen LogP contribution in [0.25, 0.3) is 0 Å². The van der Waals surface area contributed by atoms with Gasteiger partial charge < -0.3 is 15.4 Å². The summed E-state index contributed by atoms with van der Waals surface area (Å²) in [5.74, 6) is -0.374. The van der Waals surface area contributed by atoms with Crippen LogP contribution in [0.4, 0.5) is 0 Å². The fraction of sp³-hybridized carbons (Fsp3) is 0.929. The lowest BCUT2D eigenvalue weighted by Gasteiger charge is -2.34. The zero-order valence-corrected chi connectivity index (χ0v) is 14.7. The molecule has 0 radical (unpaired) electrons. The van der Waals surface area contributed by atoms with Crippen LogP contribution < -0.4 is 10.6 Å². The second-order valence-corrected chi connectivity index (χ2v) is 8.38. The molecule has 22 heavy (non-hydrogen) atoms. The Morgan fingerprint density at radius 2 is 1.86 bits per heavy atom. The van der Waals surface area contributed by atoms with Gasteiger partial charge in [0.1, 0.15) is 0 Å². The first kappa shape index (κ1) is 19.7. The molecule has 0 aromatic rings. The van der Waals surface area contributed by atoms with Gasteiger partial charge in [-0.25, -0.2) is 8.42 Å². The minimum atomic E-state index is -3.43. The molecule has 1 saturated heterocycles. The molecule has 1 amide bonds. The molecule has 2 N–H and O–H groups in total. The Kier molecular flexibility index (Phi) is 7.58. The van der Waals surface area contributed by atoms with Gasteiger partial charge in [0.2, 0.25) is 5.91 Å². The number of rotatable bonds is 6. The largest absolute Gasteiger partial charge is 0.376 e. The lowest BCUT2D eigenvalue weighted by Crippen LogP contribution is -2.57.